The van der Waals surface area contributed by atoms with Gasteiger partial charge >= 0.3 is 0 Å². The first-order valence-electron chi connectivity index (χ1n) is 4.98. The molecular weight excluding hydrogens is 160 g/mol. The van der Waals surface area contributed by atoms with Gasteiger partial charge in [-0.1, -0.05) is 19.4 Å². The molecule has 0 spiro atoms. The molecule has 1 aromatic rings. The monoisotopic (exact) mass is 176 g/mol. The number of hydrogen-bond acceptors (Lipinski definition) is 2. The summed E-state index contributed by atoms with van der Waals surface area (Å²) >= 11 is 0. The van der Waals surface area contributed by atoms with Gasteiger partial charge in [-0.2, -0.15) is 0 Å². The van der Waals surface area contributed by atoms with Crippen LogP contribution < -0.4 is 5.73 Å². The molecule has 2 unspecified atom stereocenters. The first kappa shape index (κ1) is 8.54. The van der Waals surface area contributed by atoms with E-state index in [1.807, 2.05) is 12.1 Å². The van der Waals surface area contributed by atoms with Crippen LogP contribution in [0, 0.1) is 5.92 Å². The van der Waals surface area contributed by atoms with Crippen LogP contribution in [0.1, 0.15) is 37.8 Å². The average Bonchev–Trinajstić information content (AvgIpc) is 2.52. The summed E-state index contributed by atoms with van der Waals surface area (Å²) in [6.07, 6.45) is 3.88. The van der Waals surface area contributed by atoms with Crippen molar-refractivity contribution < 1.29 is 0 Å². The minimum Gasteiger partial charge on any atom is -0.384 e. The van der Waals surface area contributed by atoms with Crippen LogP contribution in [0.15, 0.2) is 18.2 Å². The highest BCUT2D eigenvalue weighted by Crippen LogP contribution is 2.36. The van der Waals surface area contributed by atoms with Crippen LogP contribution in [0.25, 0.3) is 0 Å². The number of rotatable bonds is 1. The minimum absolute atomic E-state index is 0.650. The Hall–Kier alpha value is -1.05. The van der Waals surface area contributed by atoms with Gasteiger partial charge in [0.15, 0.2) is 0 Å². The fourth-order valence-electron chi connectivity index (χ4n) is 2.17. The van der Waals surface area contributed by atoms with Crippen molar-refractivity contribution in [3.63, 3.8) is 0 Å². The van der Waals surface area contributed by atoms with E-state index >= 15 is 0 Å². The van der Waals surface area contributed by atoms with Crippen molar-refractivity contribution in [1.29, 1.82) is 0 Å². The second kappa shape index (κ2) is 3.36. The normalized spacial score (nSPS) is 27.8. The van der Waals surface area contributed by atoms with Crippen LogP contribution in [0.3, 0.4) is 0 Å². The predicted molar refractivity (Wildman–Crippen MR) is 54.4 cm³/mol. The summed E-state index contributed by atoms with van der Waals surface area (Å²) in [5, 5.41) is 0. The molecule has 2 heteroatoms. The zero-order chi connectivity index (χ0) is 9.26. The molecule has 0 radical (unpaired) electrons. The lowest BCUT2D eigenvalue weighted by molar-refractivity contribution is 0.592. The zero-order valence-electron chi connectivity index (χ0n) is 8.03. The van der Waals surface area contributed by atoms with Gasteiger partial charge in [0.1, 0.15) is 5.82 Å². The van der Waals surface area contributed by atoms with Crippen LogP contribution in [-0.2, 0) is 0 Å². The lowest BCUT2D eigenvalue weighted by Gasteiger charge is -2.08. The largest absolute Gasteiger partial charge is 0.384 e. The molecular formula is C11H16N2. The van der Waals surface area contributed by atoms with Gasteiger partial charge in [-0.25, -0.2) is 4.98 Å². The van der Waals surface area contributed by atoms with E-state index in [-0.39, 0.29) is 0 Å². The van der Waals surface area contributed by atoms with E-state index in [4.69, 9.17) is 5.73 Å². The third-order valence-corrected chi connectivity index (χ3v) is 2.91. The smallest absolute Gasteiger partial charge is 0.123 e. The molecule has 70 valence electrons. The first-order valence-corrected chi connectivity index (χ1v) is 4.98. The second-order valence-corrected chi connectivity index (χ2v) is 4.10. The van der Waals surface area contributed by atoms with E-state index < -0.39 is 0 Å². The van der Waals surface area contributed by atoms with Crippen molar-refractivity contribution in [1.82, 2.24) is 4.98 Å². The molecule has 0 bridgehead atoms. The standard InChI is InChI=1S/C11H16N2/c1-8-5-6-9(7-8)10-3-2-4-11(12)13-10/h2-4,8-9H,5-7H2,1H3,(H2,12,13). The Balaban J connectivity index is 2.16. The van der Waals surface area contributed by atoms with Crippen molar-refractivity contribution >= 4 is 5.82 Å². The predicted octanol–water partition coefficient (Wildman–Crippen LogP) is 2.57. The van der Waals surface area contributed by atoms with Gasteiger partial charge < -0.3 is 5.73 Å². The van der Waals surface area contributed by atoms with Crippen LogP contribution in [-0.4, -0.2) is 4.98 Å². The number of nitrogens with zero attached hydrogens (tertiary/aromatic N) is 1. The van der Waals surface area contributed by atoms with Crippen LogP contribution in [0.4, 0.5) is 5.82 Å². The molecule has 13 heavy (non-hydrogen) atoms. The van der Waals surface area contributed by atoms with Crippen LogP contribution >= 0.6 is 0 Å². The van der Waals surface area contributed by atoms with Crippen molar-refractivity contribution in [3.8, 4) is 0 Å². The maximum absolute atomic E-state index is 5.65. The number of nitrogen functional groups attached to an aromatic ring is 1. The molecule has 0 amide bonds. The van der Waals surface area contributed by atoms with Gasteiger partial charge in [0, 0.05) is 11.6 Å². The molecule has 1 saturated carbocycles. The molecule has 2 N–H and O–H groups in total. The second-order valence-electron chi connectivity index (χ2n) is 4.10. The fourth-order valence-corrected chi connectivity index (χ4v) is 2.17. The summed E-state index contributed by atoms with van der Waals surface area (Å²) < 4.78 is 0. The molecule has 0 aromatic carbocycles. The third-order valence-electron chi connectivity index (χ3n) is 2.91. The average molecular weight is 176 g/mol. The summed E-state index contributed by atoms with van der Waals surface area (Å²) in [6, 6.07) is 5.95. The van der Waals surface area contributed by atoms with Gasteiger partial charge in [0.25, 0.3) is 0 Å². The molecule has 1 aromatic heterocycles. The highest BCUT2D eigenvalue weighted by molar-refractivity contribution is 5.30. The number of pyridine rings is 1. The summed E-state index contributed by atoms with van der Waals surface area (Å²) in [7, 11) is 0. The van der Waals surface area contributed by atoms with Crippen molar-refractivity contribution in [3.05, 3.63) is 23.9 Å². The molecule has 2 rings (SSSR count). The van der Waals surface area contributed by atoms with Crippen molar-refractivity contribution in [2.75, 3.05) is 5.73 Å². The Morgan fingerprint density at radius 3 is 2.85 bits per heavy atom. The van der Waals surface area contributed by atoms with Gasteiger partial charge in [0.2, 0.25) is 0 Å². The van der Waals surface area contributed by atoms with E-state index in [0.717, 1.165) is 5.92 Å². The third kappa shape index (κ3) is 1.82. The quantitative estimate of drug-likeness (QED) is 0.714. The molecule has 2 atom stereocenters. The summed E-state index contributed by atoms with van der Waals surface area (Å²) in [5.41, 5.74) is 6.83. The SMILES string of the molecule is CC1CCC(c2cccc(N)n2)C1. The number of aromatic nitrogens is 1. The minimum atomic E-state index is 0.650. The molecule has 0 aliphatic heterocycles. The van der Waals surface area contributed by atoms with Crippen molar-refractivity contribution in [2.45, 2.75) is 32.1 Å². The summed E-state index contributed by atoms with van der Waals surface area (Å²) in [5.74, 6) is 2.16. The van der Waals surface area contributed by atoms with E-state index in [1.54, 1.807) is 0 Å². The summed E-state index contributed by atoms with van der Waals surface area (Å²) in [4.78, 5) is 4.37. The van der Waals surface area contributed by atoms with E-state index in [0.29, 0.717) is 11.7 Å². The van der Waals surface area contributed by atoms with E-state index in [1.165, 1.54) is 25.0 Å². The Labute approximate surface area is 79.2 Å². The Morgan fingerprint density at radius 2 is 2.23 bits per heavy atom. The summed E-state index contributed by atoms with van der Waals surface area (Å²) in [6.45, 7) is 2.31. The van der Waals surface area contributed by atoms with Gasteiger partial charge in [-0.3, -0.25) is 0 Å². The molecule has 0 saturated heterocycles. The maximum atomic E-state index is 5.65. The topological polar surface area (TPSA) is 38.9 Å². The Morgan fingerprint density at radius 1 is 1.38 bits per heavy atom. The lowest BCUT2D eigenvalue weighted by Crippen LogP contribution is -1.99. The fraction of sp³-hybridized carbons (Fsp3) is 0.545. The molecule has 2 nitrogen and oxygen atoms in total. The van der Waals surface area contributed by atoms with Crippen LogP contribution in [0.5, 0.6) is 0 Å². The Kier molecular flexibility index (Phi) is 2.21. The van der Waals surface area contributed by atoms with E-state index in [2.05, 4.69) is 18.0 Å². The Bertz CT molecular complexity index is 296. The number of hydrogen-bond donors (Lipinski definition) is 1. The zero-order valence-corrected chi connectivity index (χ0v) is 8.03. The first-order chi connectivity index (χ1) is 6.25. The van der Waals surface area contributed by atoms with Crippen LogP contribution in [0.2, 0.25) is 0 Å². The lowest BCUT2D eigenvalue weighted by atomic mass is 10.0. The van der Waals surface area contributed by atoms with E-state index in [9.17, 15) is 0 Å². The molecule has 1 heterocycles. The molecule has 1 fully saturated rings. The van der Waals surface area contributed by atoms with Gasteiger partial charge in [0.05, 0.1) is 0 Å². The highest BCUT2D eigenvalue weighted by atomic mass is 14.8. The van der Waals surface area contributed by atoms with Gasteiger partial charge in [-0.15, -0.1) is 0 Å². The number of nitrogens with two attached hydrogens (primary N) is 1. The molecule has 1 aliphatic carbocycles. The highest BCUT2D eigenvalue weighted by Gasteiger charge is 2.23. The molecule has 1 aliphatic rings. The van der Waals surface area contributed by atoms with Gasteiger partial charge in [-0.05, 0) is 30.9 Å². The maximum Gasteiger partial charge on any atom is 0.123 e. The number of anilines is 1. The van der Waals surface area contributed by atoms with Crippen molar-refractivity contribution in [2.24, 2.45) is 5.92 Å².